The second-order valence-electron chi connectivity index (χ2n) is 4.80. The minimum atomic E-state index is 0.0763. The van der Waals surface area contributed by atoms with Crippen molar-refractivity contribution < 1.29 is 4.79 Å². The molecule has 1 N–H and O–H groups in total. The summed E-state index contributed by atoms with van der Waals surface area (Å²) < 4.78 is 0. The first-order valence-corrected chi connectivity index (χ1v) is 6.43. The van der Waals surface area contributed by atoms with E-state index in [1.165, 1.54) is 0 Å². The Balaban J connectivity index is 2.42. The van der Waals surface area contributed by atoms with Crippen molar-refractivity contribution in [1.82, 2.24) is 0 Å². The Bertz CT molecular complexity index is 388. The van der Waals surface area contributed by atoms with Gasteiger partial charge in [-0.2, -0.15) is 0 Å². The molecule has 0 radical (unpaired) electrons. The number of carbonyl (C=O) groups is 1. The first-order valence-electron chi connectivity index (χ1n) is 6.05. The van der Waals surface area contributed by atoms with Crippen LogP contribution in [0.3, 0.4) is 0 Å². The van der Waals surface area contributed by atoms with Crippen LogP contribution in [-0.4, -0.2) is 5.91 Å². The number of aryl methyl sites for hydroxylation is 1. The fraction of sp³-hybridized carbons (Fsp3) is 0.500. The van der Waals surface area contributed by atoms with Gasteiger partial charge in [0.05, 0.1) is 0 Å². The van der Waals surface area contributed by atoms with Gasteiger partial charge in [0.2, 0.25) is 5.91 Å². The molecule has 0 atom stereocenters. The summed E-state index contributed by atoms with van der Waals surface area (Å²) in [4.78, 5) is 11.6. The summed E-state index contributed by atoms with van der Waals surface area (Å²) in [7, 11) is 0. The Kier molecular flexibility index (Phi) is 5.49. The zero-order valence-corrected chi connectivity index (χ0v) is 11.5. The number of nitrogens with one attached hydrogen (secondary N) is 1. The second-order valence-corrected chi connectivity index (χ2v) is 5.21. The molecular formula is C14H20ClNO. The monoisotopic (exact) mass is 253 g/mol. The molecule has 0 aliphatic carbocycles. The van der Waals surface area contributed by atoms with Gasteiger partial charge in [-0.1, -0.05) is 31.9 Å². The predicted molar refractivity (Wildman–Crippen MR) is 73.5 cm³/mol. The van der Waals surface area contributed by atoms with Crippen LogP contribution in [0, 0.1) is 12.8 Å². The summed E-state index contributed by atoms with van der Waals surface area (Å²) in [5.74, 6) is 0.730. The fourth-order valence-corrected chi connectivity index (χ4v) is 1.73. The number of rotatable bonds is 5. The Hall–Kier alpha value is -1.02. The first-order chi connectivity index (χ1) is 7.99. The maximum atomic E-state index is 11.6. The summed E-state index contributed by atoms with van der Waals surface area (Å²) in [5.41, 5.74) is 1.80. The lowest BCUT2D eigenvalue weighted by molar-refractivity contribution is -0.116. The summed E-state index contributed by atoms with van der Waals surface area (Å²) in [6, 6.07) is 5.53. The summed E-state index contributed by atoms with van der Waals surface area (Å²) in [5, 5.41) is 3.61. The normalized spacial score (nSPS) is 10.6. The molecule has 1 amide bonds. The van der Waals surface area contributed by atoms with E-state index in [9.17, 15) is 4.79 Å². The van der Waals surface area contributed by atoms with Gasteiger partial charge in [-0.05, 0) is 43.0 Å². The lowest BCUT2D eigenvalue weighted by Crippen LogP contribution is -2.11. The van der Waals surface area contributed by atoms with Gasteiger partial charge in [0, 0.05) is 17.1 Å². The van der Waals surface area contributed by atoms with Gasteiger partial charge in [0.1, 0.15) is 0 Å². The van der Waals surface area contributed by atoms with Crippen LogP contribution in [0.1, 0.15) is 38.7 Å². The highest BCUT2D eigenvalue weighted by atomic mass is 35.5. The zero-order valence-electron chi connectivity index (χ0n) is 10.7. The molecule has 0 aromatic heterocycles. The third kappa shape index (κ3) is 5.22. The van der Waals surface area contributed by atoms with E-state index in [1.807, 2.05) is 19.1 Å². The molecule has 94 valence electrons. The molecule has 0 bridgehead atoms. The third-order valence-electron chi connectivity index (χ3n) is 2.63. The smallest absolute Gasteiger partial charge is 0.224 e. The van der Waals surface area contributed by atoms with E-state index in [4.69, 9.17) is 11.6 Å². The molecule has 0 saturated carbocycles. The number of halogens is 1. The predicted octanol–water partition coefficient (Wildman–Crippen LogP) is 4.41. The molecule has 3 heteroatoms. The molecule has 1 aromatic rings. The molecular weight excluding hydrogens is 234 g/mol. The number of hydrogen-bond acceptors (Lipinski definition) is 1. The van der Waals surface area contributed by atoms with Crippen LogP contribution in [0.25, 0.3) is 0 Å². The average Bonchev–Trinajstić information content (AvgIpc) is 2.23. The molecule has 0 heterocycles. The van der Waals surface area contributed by atoms with Gasteiger partial charge in [-0.15, -0.1) is 0 Å². The van der Waals surface area contributed by atoms with Crippen LogP contribution >= 0.6 is 11.6 Å². The average molecular weight is 254 g/mol. The lowest BCUT2D eigenvalue weighted by Gasteiger charge is -2.07. The first kappa shape index (κ1) is 14.0. The molecule has 1 rings (SSSR count). The standard InChI is InChI=1S/C14H20ClNO/c1-10(2)5-4-6-14(17)16-12-7-8-13(15)11(3)9-12/h7-10H,4-6H2,1-3H3,(H,16,17). The summed E-state index contributed by atoms with van der Waals surface area (Å²) in [6.45, 7) is 6.26. The van der Waals surface area contributed by atoms with Crippen LogP contribution in [0.15, 0.2) is 18.2 Å². The highest BCUT2D eigenvalue weighted by molar-refractivity contribution is 6.31. The molecule has 0 aliphatic rings. The Morgan fingerprint density at radius 1 is 1.41 bits per heavy atom. The molecule has 0 spiro atoms. The van der Waals surface area contributed by atoms with E-state index < -0.39 is 0 Å². The zero-order chi connectivity index (χ0) is 12.8. The van der Waals surface area contributed by atoms with Gasteiger partial charge >= 0.3 is 0 Å². The molecule has 0 fully saturated rings. The second kappa shape index (κ2) is 6.65. The molecule has 0 unspecified atom stereocenters. The van der Waals surface area contributed by atoms with Crippen molar-refractivity contribution in [3.63, 3.8) is 0 Å². The van der Waals surface area contributed by atoms with Crippen molar-refractivity contribution in [2.24, 2.45) is 5.92 Å². The lowest BCUT2D eigenvalue weighted by atomic mass is 10.1. The molecule has 2 nitrogen and oxygen atoms in total. The van der Waals surface area contributed by atoms with Crippen LogP contribution in [0.4, 0.5) is 5.69 Å². The van der Waals surface area contributed by atoms with Crippen molar-refractivity contribution in [3.8, 4) is 0 Å². The Morgan fingerprint density at radius 3 is 2.71 bits per heavy atom. The molecule has 1 aromatic carbocycles. The number of anilines is 1. The van der Waals surface area contributed by atoms with E-state index >= 15 is 0 Å². The summed E-state index contributed by atoms with van der Waals surface area (Å²) >= 11 is 5.92. The van der Waals surface area contributed by atoms with Crippen molar-refractivity contribution in [2.45, 2.75) is 40.0 Å². The van der Waals surface area contributed by atoms with Crippen molar-refractivity contribution in [3.05, 3.63) is 28.8 Å². The number of amides is 1. The maximum absolute atomic E-state index is 11.6. The van der Waals surface area contributed by atoms with Gasteiger partial charge in [-0.3, -0.25) is 4.79 Å². The van der Waals surface area contributed by atoms with Crippen molar-refractivity contribution in [2.75, 3.05) is 5.32 Å². The van der Waals surface area contributed by atoms with Crippen LogP contribution < -0.4 is 5.32 Å². The molecule has 0 saturated heterocycles. The SMILES string of the molecule is Cc1cc(NC(=O)CCCC(C)C)ccc1Cl. The number of hydrogen-bond donors (Lipinski definition) is 1. The quantitative estimate of drug-likeness (QED) is 0.827. The fourth-order valence-electron chi connectivity index (χ4n) is 1.62. The van der Waals surface area contributed by atoms with Gasteiger partial charge in [-0.25, -0.2) is 0 Å². The minimum Gasteiger partial charge on any atom is -0.326 e. The highest BCUT2D eigenvalue weighted by Crippen LogP contribution is 2.19. The van der Waals surface area contributed by atoms with Crippen LogP contribution in [-0.2, 0) is 4.79 Å². The van der Waals surface area contributed by atoms with Gasteiger partial charge in [0.25, 0.3) is 0 Å². The van der Waals surface area contributed by atoms with Crippen molar-refractivity contribution in [1.29, 1.82) is 0 Å². The number of benzene rings is 1. The summed E-state index contributed by atoms with van der Waals surface area (Å²) in [6.07, 6.45) is 2.61. The topological polar surface area (TPSA) is 29.1 Å². The minimum absolute atomic E-state index is 0.0763. The van der Waals surface area contributed by atoms with E-state index in [1.54, 1.807) is 6.07 Å². The molecule has 17 heavy (non-hydrogen) atoms. The van der Waals surface area contributed by atoms with E-state index in [0.29, 0.717) is 12.3 Å². The van der Waals surface area contributed by atoms with E-state index in [0.717, 1.165) is 29.1 Å². The van der Waals surface area contributed by atoms with E-state index in [2.05, 4.69) is 19.2 Å². The van der Waals surface area contributed by atoms with Crippen LogP contribution in [0.5, 0.6) is 0 Å². The van der Waals surface area contributed by atoms with Crippen molar-refractivity contribution >= 4 is 23.2 Å². The van der Waals surface area contributed by atoms with Gasteiger partial charge < -0.3 is 5.32 Å². The maximum Gasteiger partial charge on any atom is 0.224 e. The highest BCUT2D eigenvalue weighted by Gasteiger charge is 2.04. The Morgan fingerprint density at radius 2 is 2.12 bits per heavy atom. The Labute approximate surface area is 108 Å². The third-order valence-corrected chi connectivity index (χ3v) is 3.05. The van der Waals surface area contributed by atoms with Gasteiger partial charge in [0.15, 0.2) is 0 Å². The number of carbonyl (C=O) groups excluding carboxylic acids is 1. The largest absolute Gasteiger partial charge is 0.326 e. The molecule has 0 aliphatic heterocycles. The van der Waals surface area contributed by atoms with E-state index in [-0.39, 0.29) is 5.91 Å². The van der Waals surface area contributed by atoms with Crippen LogP contribution in [0.2, 0.25) is 5.02 Å².